The fourth-order valence-corrected chi connectivity index (χ4v) is 4.47. The average molecular weight is 406 g/mol. The van der Waals surface area contributed by atoms with E-state index < -0.39 is 28.1 Å². The van der Waals surface area contributed by atoms with E-state index in [1.165, 1.54) is 10.7 Å². The molecule has 1 saturated carbocycles. The van der Waals surface area contributed by atoms with E-state index in [4.69, 9.17) is 11.6 Å². The van der Waals surface area contributed by atoms with Gasteiger partial charge in [0.2, 0.25) is 16.0 Å². The molecule has 2 aromatic rings. The molecule has 7 nitrogen and oxygen atoms in total. The van der Waals surface area contributed by atoms with Crippen LogP contribution in [-0.4, -0.2) is 58.9 Å². The fraction of sp³-hybridized carbons (Fsp3) is 0.600. The Balaban J connectivity index is 1.57. The number of halogens is 3. The van der Waals surface area contributed by atoms with Crippen LogP contribution in [0.1, 0.15) is 30.9 Å². The highest BCUT2D eigenvalue weighted by atomic mass is 35.5. The third-order valence-corrected chi connectivity index (χ3v) is 6.48. The second-order valence-electron chi connectivity index (χ2n) is 6.84. The molecule has 142 valence electrons. The molecule has 26 heavy (non-hydrogen) atoms. The maximum Gasteiger partial charge on any atom is 0.241 e. The van der Waals surface area contributed by atoms with Crippen molar-refractivity contribution in [3.05, 3.63) is 22.7 Å². The molecule has 2 aromatic heterocycles. The molecular formula is C15H18ClF2N5O2S. The Hall–Kier alpha value is -1.52. The van der Waals surface area contributed by atoms with E-state index in [1.807, 2.05) is 0 Å². The SMILES string of the molecule is CS(=O)(=O)N1CC[C@@H](Nc2ncc3c(F)c(Cl)c(C4CC4)n3n2)[C@H](F)C1. The van der Waals surface area contributed by atoms with E-state index >= 15 is 0 Å². The lowest BCUT2D eigenvalue weighted by Gasteiger charge is -2.33. The molecule has 2 aliphatic rings. The zero-order valence-electron chi connectivity index (χ0n) is 14.0. The highest BCUT2D eigenvalue weighted by Gasteiger charge is 2.35. The molecule has 0 bridgehead atoms. The van der Waals surface area contributed by atoms with Crippen LogP contribution in [0.5, 0.6) is 0 Å². The summed E-state index contributed by atoms with van der Waals surface area (Å²) in [6.07, 6.45) is 3.12. The summed E-state index contributed by atoms with van der Waals surface area (Å²) < 4.78 is 54.3. The Labute approximate surface area is 154 Å². The summed E-state index contributed by atoms with van der Waals surface area (Å²) in [7, 11) is -3.42. The number of aromatic nitrogens is 3. The number of hydrogen-bond donors (Lipinski definition) is 1. The summed E-state index contributed by atoms with van der Waals surface area (Å²) in [6.45, 7) is 0.00646. The minimum Gasteiger partial charge on any atom is -0.347 e. The minimum atomic E-state index is -3.42. The largest absolute Gasteiger partial charge is 0.347 e. The van der Waals surface area contributed by atoms with Gasteiger partial charge in [0, 0.05) is 19.0 Å². The minimum absolute atomic E-state index is 0.0591. The zero-order valence-corrected chi connectivity index (χ0v) is 15.6. The Morgan fingerprint density at radius 3 is 2.69 bits per heavy atom. The highest BCUT2D eigenvalue weighted by molar-refractivity contribution is 7.88. The lowest BCUT2D eigenvalue weighted by Crippen LogP contribution is -2.49. The van der Waals surface area contributed by atoms with Gasteiger partial charge in [0.1, 0.15) is 16.7 Å². The second-order valence-corrected chi connectivity index (χ2v) is 9.20. The highest BCUT2D eigenvalue weighted by Crippen LogP contribution is 2.45. The van der Waals surface area contributed by atoms with Gasteiger partial charge in [-0.1, -0.05) is 11.6 Å². The molecule has 3 heterocycles. The molecule has 2 fully saturated rings. The van der Waals surface area contributed by atoms with Crippen LogP contribution in [0.25, 0.3) is 5.52 Å². The van der Waals surface area contributed by atoms with Crippen LogP contribution in [0.4, 0.5) is 14.7 Å². The monoisotopic (exact) mass is 405 g/mol. The number of piperidine rings is 1. The van der Waals surface area contributed by atoms with Crippen LogP contribution < -0.4 is 5.32 Å². The number of hydrogen-bond acceptors (Lipinski definition) is 5. The standard InChI is InChI=1S/C15H18ClF2N5O2S/c1-26(24,25)22-5-4-10(9(17)7-22)20-15-19-6-11-13(18)12(16)14(8-2-3-8)23(11)21-15/h6,8-10H,2-5,7H2,1H3,(H,20,21)/t9-,10-/m1/s1. The van der Waals surface area contributed by atoms with Crippen molar-refractivity contribution in [2.75, 3.05) is 24.7 Å². The Kier molecular flexibility index (Phi) is 4.31. The van der Waals surface area contributed by atoms with Crippen molar-refractivity contribution in [3.63, 3.8) is 0 Å². The number of fused-ring (bicyclic) bond motifs is 1. The predicted molar refractivity (Wildman–Crippen MR) is 93.3 cm³/mol. The average Bonchev–Trinajstić information content (AvgIpc) is 3.37. The van der Waals surface area contributed by atoms with E-state index in [9.17, 15) is 17.2 Å². The molecular weight excluding hydrogens is 388 g/mol. The van der Waals surface area contributed by atoms with E-state index in [-0.39, 0.29) is 41.9 Å². The first-order valence-corrected chi connectivity index (χ1v) is 10.6. The summed E-state index contributed by atoms with van der Waals surface area (Å²) in [5.41, 5.74) is 0.805. The topological polar surface area (TPSA) is 79.6 Å². The van der Waals surface area contributed by atoms with E-state index in [2.05, 4.69) is 15.4 Å². The van der Waals surface area contributed by atoms with Gasteiger partial charge in [-0.2, -0.15) is 4.31 Å². The fourth-order valence-electron chi connectivity index (χ4n) is 3.28. The second kappa shape index (κ2) is 6.28. The number of alkyl halides is 1. The van der Waals surface area contributed by atoms with Crippen molar-refractivity contribution in [2.45, 2.75) is 37.4 Å². The van der Waals surface area contributed by atoms with Crippen molar-refractivity contribution in [1.29, 1.82) is 0 Å². The smallest absolute Gasteiger partial charge is 0.241 e. The van der Waals surface area contributed by atoms with Gasteiger partial charge in [-0.05, 0) is 19.3 Å². The van der Waals surface area contributed by atoms with Gasteiger partial charge in [-0.25, -0.2) is 26.7 Å². The molecule has 2 atom stereocenters. The lowest BCUT2D eigenvalue weighted by molar-refractivity contribution is 0.186. The predicted octanol–water partition coefficient (Wildman–Crippen LogP) is 2.18. The van der Waals surface area contributed by atoms with Gasteiger partial charge in [0.05, 0.1) is 24.2 Å². The number of anilines is 1. The quantitative estimate of drug-likeness (QED) is 0.843. The van der Waals surface area contributed by atoms with Crippen molar-refractivity contribution in [1.82, 2.24) is 18.9 Å². The van der Waals surface area contributed by atoms with E-state index in [1.54, 1.807) is 0 Å². The lowest BCUT2D eigenvalue weighted by atomic mass is 10.1. The van der Waals surface area contributed by atoms with Gasteiger partial charge in [-0.15, -0.1) is 5.10 Å². The molecule has 1 saturated heterocycles. The van der Waals surface area contributed by atoms with E-state index in [0.29, 0.717) is 5.69 Å². The molecule has 4 rings (SSSR count). The molecule has 1 aliphatic heterocycles. The molecule has 0 radical (unpaired) electrons. The first-order chi connectivity index (χ1) is 12.3. The number of nitrogens with one attached hydrogen (secondary N) is 1. The van der Waals surface area contributed by atoms with Crippen LogP contribution in [0.2, 0.25) is 5.02 Å². The zero-order chi connectivity index (χ0) is 18.6. The maximum atomic E-state index is 14.4. The Morgan fingerprint density at radius 2 is 2.08 bits per heavy atom. The Bertz CT molecular complexity index is 963. The molecule has 0 unspecified atom stereocenters. The van der Waals surface area contributed by atoms with Crippen LogP contribution in [0.3, 0.4) is 0 Å². The van der Waals surface area contributed by atoms with E-state index in [0.717, 1.165) is 23.4 Å². The molecule has 0 amide bonds. The third kappa shape index (κ3) is 3.14. The van der Waals surface area contributed by atoms with Crippen molar-refractivity contribution in [2.24, 2.45) is 0 Å². The van der Waals surface area contributed by atoms with Gasteiger partial charge in [0.15, 0.2) is 5.82 Å². The number of sulfonamides is 1. The van der Waals surface area contributed by atoms with Gasteiger partial charge in [-0.3, -0.25) is 0 Å². The molecule has 0 spiro atoms. The summed E-state index contributed by atoms with van der Waals surface area (Å²) in [5.74, 6) is -0.217. The summed E-state index contributed by atoms with van der Waals surface area (Å²) in [5, 5.41) is 7.25. The van der Waals surface area contributed by atoms with Gasteiger partial charge >= 0.3 is 0 Å². The molecule has 1 aliphatic carbocycles. The van der Waals surface area contributed by atoms with Gasteiger partial charge in [0.25, 0.3) is 0 Å². The summed E-state index contributed by atoms with van der Waals surface area (Å²) in [4.78, 5) is 4.06. The van der Waals surface area contributed by atoms with Crippen molar-refractivity contribution >= 4 is 33.1 Å². The third-order valence-electron chi connectivity index (χ3n) is 4.85. The number of nitrogens with zero attached hydrogens (tertiary/aromatic N) is 4. The molecule has 0 aromatic carbocycles. The Morgan fingerprint density at radius 1 is 1.35 bits per heavy atom. The normalized spacial score (nSPS) is 24.9. The number of rotatable bonds is 4. The van der Waals surface area contributed by atoms with Crippen LogP contribution in [-0.2, 0) is 10.0 Å². The first kappa shape index (κ1) is 17.9. The summed E-state index contributed by atoms with van der Waals surface area (Å²) in [6, 6.07) is -0.620. The molecule has 11 heteroatoms. The van der Waals surface area contributed by atoms with Crippen molar-refractivity contribution in [3.8, 4) is 0 Å². The van der Waals surface area contributed by atoms with Crippen LogP contribution >= 0.6 is 11.6 Å². The first-order valence-electron chi connectivity index (χ1n) is 8.34. The van der Waals surface area contributed by atoms with Crippen molar-refractivity contribution < 1.29 is 17.2 Å². The molecule has 1 N–H and O–H groups in total. The van der Waals surface area contributed by atoms with Gasteiger partial charge < -0.3 is 5.32 Å². The summed E-state index contributed by atoms with van der Waals surface area (Å²) >= 11 is 6.09. The van der Waals surface area contributed by atoms with Crippen LogP contribution in [0, 0.1) is 5.82 Å². The van der Waals surface area contributed by atoms with Crippen LogP contribution in [0.15, 0.2) is 6.20 Å². The maximum absolute atomic E-state index is 14.4.